The van der Waals surface area contributed by atoms with Gasteiger partial charge in [0.05, 0.1) is 11.8 Å². The van der Waals surface area contributed by atoms with Gasteiger partial charge in [-0.05, 0) is 43.2 Å². The average molecular weight is 387 g/mol. The second-order valence-corrected chi connectivity index (χ2v) is 7.07. The third kappa shape index (κ3) is 4.23. The zero-order chi connectivity index (χ0) is 17.1. The minimum absolute atomic E-state index is 0.0486. The summed E-state index contributed by atoms with van der Waals surface area (Å²) in [5.41, 5.74) is 2.98. The number of amides is 2. The van der Waals surface area contributed by atoms with E-state index in [2.05, 4.69) is 26.6 Å². The Morgan fingerprint density at radius 1 is 1.08 bits per heavy atom. The molecule has 1 saturated carbocycles. The Balaban J connectivity index is 1.48. The molecule has 2 unspecified atom stereocenters. The lowest BCUT2D eigenvalue weighted by atomic mass is 10.1. The fourth-order valence-electron chi connectivity index (χ4n) is 2.69. The number of hydrogen-bond acceptors (Lipinski definition) is 2. The van der Waals surface area contributed by atoms with Crippen LogP contribution in [0.25, 0.3) is 0 Å². The summed E-state index contributed by atoms with van der Waals surface area (Å²) in [6.45, 7) is 2.52. The normalized spacial score (nSPS) is 18.8. The highest BCUT2D eigenvalue weighted by molar-refractivity contribution is 9.10. The summed E-state index contributed by atoms with van der Waals surface area (Å²) >= 11 is 3.36. The predicted octanol–water partition coefficient (Wildman–Crippen LogP) is 3.65. The smallest absolute Gasteiger partial charge is 0.228 e. The van der Waals surface area contributed by atoms with Crippen LogP contribution in [0, 0.1) is 18.8 Å². The molecule has 0 aliphatic heterocycles. The van der Waals surface area contributed by atoms with Gasteiger partial charge >= 0.3 is 0 Å². The minimum atomic E-state index is -0.230. The van der Waals surface area contributed by atoms with E-state index in [1.54, 1.807) is 0 Å². The Hall–Kier alpha value is -2.14. The molecule has 0 radical (unpaired) electrons. The van der Waals surface area contributed by atoms with Crippen LogP contribution in [0.4, 0.5) is 5.69 Å². The Morgan fingerprint density at radius 3 is 2.50 bits per heavy atom. The third-order valence-corrected chi connectivity index (χ3v) is 4.65. The number of nitrogens with one attached hydrogen (secondary N) is 2. The first kappa shape index (κ1) is 16.7. The van der Waals surface area contributed by atoms with Gasteiger partial charge in [-0.1, -0.05) is 45.8 Å². The SMILES string of the molecule is Cc1cccc(CNC(=O)C2CC2C(=O)Nc2ccc(Br)cc2)c1. The Bertz CT molecular complexity index is 758. The zero-order valence-electron chi connectivity index (χ0n) is 13.4. The number of anilines is 1. The molecule has 4 nitrogen and oxygen atoms in total. The maximum absolute atomic E-state index is 12.2. The number of aryl methyl sites for hydroxylation is 1. The van der Waals surface area contributed by atoms with Crippen LogP contribution in [0.5, 0.6) is 0 Å². The van der Waals surface area contributed by atoms with Crippen LogP contribution in [0.15, 0.2) is 53.0 Å². The van der Waals surface area contributed by atoms with Crippen molar-refractivity contribution in [3.05, 3.63) is 64.1 Å². The van der Waals surface area contributed by atoms with Gasteiger partial charge in [0.1, 0.15) is 0 Å². The lowest BCUT2D eigenvalue weighted by Gasteiger charge is -2.07. The van der Waals surface area contributed by atoms with Gasteiger partial charge in [0.15, 0.2) is 0 Å². The lowest BCUT2D eigenvalue weighted by Crippen LogP contribution is -2.27. The Morgan fingerprint density at radius 2 is 1.79 bits per heavy atom. The van der Waals surface area contributed by atoms with Crippen molar-refractivity contribution in [1.29, 1.82) is 0 Å². The fraction of sp³-hybridized carbons (Fsp3) is 0.263. The van der Waals surface area contributed by atoms with Gasteiger partial charge in [-0.25, -0.2) is 0 Å². The third-order valence-electron chi connectivity index (χ3n) is 4.12. The summed E-state index contributed by atoms with van der Waals surface area (Å²) < 4.78 is 0.959. The molecule has 1 aliphatic carbocycles. The molecule has 3 rings (SSSR count). The summed E-state index contributed by atoms with van der Waals surface area (Å²) in [4.78, 5) is 24.4. The molecular weight excluding hydrogens is 368 g/mol. The molecule has 2 atom stereocenters. The molecule has 5 heteroatoms. The van der Waals surface area contributed by atoms with E-state index in [4.69, 9.17) is 0 Å². The first-order chi connectivity index (χ1) is 11.5. The second-order valence-electron chi connectivity index (χ2n) is 6.15. The van der Waals surface area contributed by atoms with E-state index in [0.717, 1.165) is 15.7 Å². The zero-order valence-corrected chi connectivity index (χ0v) is 15.0. The molecule has 2 aromatic rings. The molecule has 2 N–H and O–H groups in total. The molecule has 1 aliphatic rings. The summed E-state index contributed by atoms with van der Waals surface area (Å²) in [5.74, 6) is -0.586. The van der Waals surface area contributed by atoms with E-state index in [-0.39, 0.29) is 23.7 Å². The van der Waals surface area contributed by atoms with E-state index in [1.165, 1.54) is 5.56 Å². The molecule has 2 aromatic carbocycles. The summed E-state index contributed by atoms with van der Waals surface area (Å²) in [6, 6.07) is 15.4. The molecule has 0 bridgehead atoms. The molecule has 1 fully saturated rings. The van der Waals surface area contributed by atoms with Gasteiger partial charge in [0.25, 0.3) is 0 Å². The Kier molecular flexibility index (Phi) is 5.00. The minimum Gasteiger partial charge on any atom is -0.352 e. The number of benzene rings is 2. The molecule has 0 saturated heterocycles. The van der Waals surface area contributed by atoms with E-state index >= 15 is 0 Å². The van der Waals surface area contributed by atoms with Crippen LogP contribution in [-0.4, -0.2) is 11.8 Å². The second kappa shape index (κ2) is 7.18. The van der Waals surface area contributed by atoms with Crippen molar-refractivity contribution < 1.29 is 9.59 Å². The lowest BCUT2D eigenvalue weighted by molar-refractivity contribution is -0.125. The van der Waals surface area contributed by atoms with E-state index in [9.17, 15) is 9.59 Å². The van der Waals surface area contributed by atoms with Crippen LogP contribution in [0.2, 0.25) is 0 Å². The van der Waals surface area contributed by atoms with E-state index in [1.807, 2.05) is 55.5 Å². The summed E-state index contributed by atoms with van der Waals surface area (Å²) in [5, 5.41) is 5.78. The molecule has 0 spiro atoms. The molecule has 0 heterocycles. The number of halogens is 1. The number of hydrogen-bond donors (Lipinski definition) is 2. The van der Waals surface area contributed by atoms with Crippen LogP contribution in [-0.2, 0) is 16.1 Å². The van der Waals surface area contributed by atoms with Crippen molar-refractivity contribution in [2.24, 2.45) is 11.8 Å². The van der Waals surface area contributed by atoms with Gasteiger partial charge < -0.3 is 10.6 Å². The van der Waals surface area contributed by atoms with Crippen LogP contribution >= 0.6 is 15.9 Å². The number of carbonyl (C=O) groups excluding carboxylic acids is 2. The van der Waals surface area contributed by atoms with Crippen molar-refractivity contribution in [1.82, 2.24) is 5.32 Å². The monoisotopic (exact) mass is 386 g/mol. The van der Waals surface area contributed by atoms with Gasteiger partial charge in [0, 0.05) is 16.7 Å². The molecule has 24 heavy (non-hydrogen) atoms. The number of rotatable bonds is 5. The standard InChI is InChI=1S/C19H19BrN2O2/c1-12-3-2-4-13(9-12)11-21-18(23)16-10-17(16)19(24)22-15-7-5-14(20)6-8-15/h2-9,16-17H,10-11H2,1H3,(H,21,23)(H,22,24). The molecule has 2 amide bonds. The summed E-state index contributed by atoms with van der Waals surface area (Å²) in [7, 11) is 0. The van der Waals surface area contributed by atoms with Gasteiger partial charge in [-0.3, -0.25) is 9.59 Å². The Labute approximate surface area is 149 Å². The maximum atomic E-state index is 12.2. The van der Waals surface area contributed by atoms with Crippen molar-refractivity contribution in [3.63, 3.8) is 0 Å². The highest BCUT2D eigenvalue weighted by Gasteiger charge is 2.47. The van der Waals surface area contributed by atoms with Crippen molar-refractivity contribution in [3.8, 4) is 0 Å². The van der Waals surface area contributed by atoms with Crippen LogP contribution in [0.3, 0.4) is 0 Å². The van der Waals surface area contributed by atoms with Crippen LogP contribution in [0.1, 0.15) is 17.5 Å². The van der Waals surface area contributed by atoms with Gasteiger partial charge in [-0.15, -0.1) is 0 Å². The predicted molar refractivity (Wildman–Crippen MR) is 97.4 cm³/mol. The number of carbonyl (C=O) groups is 2. The summed E-state index contributed by atoms with van der Waals surface area (Å²) in [6.07, 6.45) is 0.613. The largest absolute Gasteiger partial charge is 0.352 e. The van der Waals surface area contributed by atoms with E-state index in [0.29, 0.717) is 13.0 Å². The average Bonchev–Trinajstić information content (AvgIpc) is 3.36. The quantitative estimate of drug-likeness (QED) is 0.823. The first-order valence-corrected chi connectivity index (χ1v) is 8.72. The van der Waals surface area contributed by atoms with Crippen molar-refractivity contribution >= 4 is 33.4 Å². The van der Waals surface area contributed by atoms with Gasteiger partial charge in [-0.2, -0.15) is 0 Å². The topological polar surface area (TPSA) is 58.2 Å². The van der Waals surface area contributed by atoms with Crippen LogP contribution < -0.4 is 10.6 Å². The van der Waals surface area contributed by atoms with Gasteiger partial charge in [0.2, 0.25) is 11.8 Å². The first-order valence-electron chi connectivity index (χ1n) is 7.92. The highest BCUT2D eigenvalue weighted by Crippen LogP contribution is 2.39. The molecular formula is C19H19BrN2O2. The van der Waals surface area contributed by atoms with E-state index < -0.39 is 0 Å². The van der Waals surface area contributed by atoms with Crippen molar-refractivity contribution in [2.75, 3.05) is 5.32 Å². The maximum Gasteiger partial charge on any atom is 0.228 e. The highest BCUT2D eigenvalue weighted by atomic mass is 79.9. The molecule has 0 aromatic heterocycles. The molecule has 124 valence electrons. The van der Waals surface area contributed by atoms with Crippen molar-refractivity contribution in [2.45, 2.75) is 19.9 Å². The fourth-order valence-corrected chi connectivity index (χ4v) is 2.95.